The third kappa shape index (κ3) is 23.0. The summed E-state index contributed by atoms with van der Waals surface area (Å²) in [7, 11) is 0. The highest BCUT2D eigenvalue weighted by molar-refractivity contribution is 5.70. The zero-order valence-corrected chi connectivity index (χ0v) is 9.29. The molecule has 4 N–H and O–H groups in total. The molecule has 7 heteroatoms. The Morgan fingerprint density at radius 3 is 1.44 bits per heavy atom. The Labute approximate surface area is 93.3 Å². The van der Waals surface area contributed by atoms with Crippen LogP contribution in [0.5, 0.6) is 0 Å². The first-order valence-electron chi connectivity index (χ1n) is 4.63. The number of ether oxygens (including phenoxy) is 1. The monoisotopic (exact) mass is 238 g/mol. The molecule has 0 fully saturated rings. The molecule has 0 heterocycles. The van der Waals surface area contributed by atoms with Crippen LogP contribution < -0.4 is 0 Å². The summed E-state index contributed by atoms with van der Waals surface area (Å²) in [4.78, 5) is 19.3. The third-order valence-electron chi connectivity index (χ3n) is 1.13. The topological polar surface area (TPSA) is 124 Å². The van der Waals surface area contributed by atoms with E-state index < -0.39 is 25.2 Å². The minimum Gasteiger partial charge on any atom is -0.480 e. The number of aliphatic hydroxyl groups is 2. The van der Waals surface area contributed by atoms with Crippen LogP contribution >= 0.6 is 0 Å². The maximum atomic E-state index is 9.66. The summed E-state index contributed by atoms with van der Waals surface area (Å²) in [6.07, 6.45) is -0.278. The van der Waals surface area contributed by atoms with E-state index in [0.717, 1.165) is 0 Å². The number of rotatable bonds is 6. The Morgan fingerprint density at radius 1 is 1.00 bits per heavy atom. The number of aliphatic hydroxyl groups excluding tert-OH is 2. The van der Waals surface area contributed by atoms with Crippen molar-refractivity contribution in [3.63, 3.8) is 0 Å². The zero-order chi connectivity index (χ0) is 13.1. The van der Waals surface area contributed by atoms with Crippen LogP contribution in [0.25, 0.3) is 0 Å². The van der Waals surface area contributed by atoms with Crippen molar-refractivity contribution >= 4 is 11.9 Å². The van der Waals surface area contributed by atoms with E-state index in [4.69, 9.17) is 20.4 Å². The van der Waals surface area contributed by atoms with Crippen molar-refractivity contribution in [3.05, 3.63) is 0 Å². The molecule has 0 radical (unpaired) electrons. The fraction of sp³-hybridized carbons (Fsp3) is 0.778. The van der Waals surface area contributed by atoms with Crippen LogP contribution in [-0.2, 0) is 14.3 Å². The summed E-state index contributed by atoms with van der Waals surface area (Å²) in [5, 5.41) is 32.9. The van der Waals surface area contributed by atoms with Crippen molar-refractivity contribution in [2.24, 2.45) is 0 Å². The van der Waals surface area contributed by atoms with E-state index in [9.17, 15) is 9.59 Å². The summed E-state index contributed by atoms with van der Waals surface area (Å²) in [5.41, 5.74) is 0. The van der Waals surface area contributed by atoms with Gasteiger partial charge < -0.3 is 25.2 Å². The van der Waals surface area contributed by atoms with Crippen LogP contribution in [-0.4, -0.2) is 57.8 Å². The van der Waals surface area contributed by atoms with Gasteiger partial charge in [0.05, 0.1) is 12.2 Å². The van der Waals surface area contributed by atoms with Gasteiger partial charge >= 0.3 is 11.9 Å². The summed E-state index contributed by atoms with van der Waals surface area (Å²) in [5.74, 6) is -2.34. The van der Waals surface area contributed by atoms with E-state index in [0.29, 0.717) is 6.42 Å². The molecule has 0 aliphatic rings. The smallest absolute Gasteiger partial charge is 0.329 e. The van der Waals surface area contributed by atoms with Crippen LogP contribution in [0.2, 0.25) is 0 Å². The standard InChI is InChI=1S/C5H12O2.C4H6O5/c1-4(6)3-5(2)7;5-3(6)1-9-2-4(7)8/h4-7H,3H2,1-2H3;1-2H2,(H,5,6)(H,7,8). The molecule has 7 nitrogen and oxygen atoms in total. The summed E-state index contributed by atoms with van der Waals surface area (Å²) >= 11 is 0. The molecule has 0 amide bonds. The highest BCUT2D eigenvalue weighted by atomic mass is 16.5. The van der Waals surface area contributed by atoms with Crippen molar-refractivity contribution in [1.29, 1.82) is 0 Å². The first-order chi connectivity index (χ1) is 7.25. The van der Waals surface area contributed by atoms with Crippen LogP contribution in [0, 0.1) is 0 Å². The Balaban J connectivity index is 0. The van der Waals surface area contributed by atoms with Crippen LogP contribution in [0.4, 0.5) is 0 Å². The minimum atomic E-state index is -1.17. The molecule has 16 heavy (non-hydrogen) atoms. The van der Waals surface area contributed by atoms with Gasteiger partial charge in [-0.2, -0.15) is 0 Å². The number of carboxylic acids is 2. The van der Waals surface area contributed by atoms with Gasteiger partial charge in [-0.1, -0.05) is 0 Å². The first kappa shape index (κ1) is 17.2. The molecular weight excluding hydrogens is 220 g/mol. The maximum Gasteiger partial charge on any atom is 0.329 e. The van der Waals surface area contributed by atoms with Gasteiger partial charge in [-0.3, -0.25) is 0 Å². The van der Waals surface area contributed by atoms with Gasteiger partial charge in [0, 0.05) is 0 Å². The van der Waals surface area contributed by atoms with E-state index in [2.05, 4.69) is 4.74 Å². The van der Waals surface area contributed by atoms with Gasteiger partial charge in [-0.15, -0.1) is 0 Å². The summed E-state index contributed by atoms with van der Waals surface area (Å²) in [6, 6.07) is 0. The lowest BCUT2D eigenvalue weighted by atomic mass is 10.2. The second-order valence-electron chi connectivity index (χ2n) is 3.21. The first-order valence-corrected chi connectivity index (χ1v) is 4.63. The van der Waals surface area contributed by atoms with E-state index in [-0.39, 0.29) is 12.2 Å². The van der Waals surface area contributed by atoms with Crippen molar-refractivity contribution in [3.8, 4) is 0 Å². The molecule has 0 spiro atoms. The van der Waals surface area contributed by atoms with Gasteiger partial charge in [-0.25, -0.2) is 9.59 Å². The van der Waals surface area contributed by atoms with Crippen molar-refractivity contribution in [1.82, 2.24) is 0 Å². The molecule has 0 aromatic heterocycles. The summed E-state index contributed by atoms with van der Waals surface area (Å²) in [6.45, 7) is 2.19. The lowest BCUT2D eigenvalue weighted by Crippen LogP contribution is -2.13. The van der Waals surface area contributed by atoms with Crippen LogP contribution in [0.3, 0.4) is 0 Å². The van der Waals surface area contributed by atoms with Gasteiger partial charge in [0.15, 0.2) is 0 Å². The van der Waals surface area contributed by atoms with Crippen LogP contribution in [0.1, 0.15) is 20.3 Å². The summed E-state index contributed by atoms with van der Waals surface area (Å²) < 4.78 is 4.16. The Kier molecular flexibility index (Phi) is 11.1. The molecule has 0 rings (SSSR count). The van der Waals surface area contributed by atoms with Gasteiger partial charge in [0.25, 0.3) is 0 Å². The average molecular weight is 238 g/mol. The molecule has 0 aromatic rings. The number of carbonyl (C=O) groups is 2. The quantitative estimate of drug-likeness (QED) is 0.482. The second kappa shape index (κ2) is 10.3. The third-order valence-corrected chi connectivity index (χ3v) is 1.13. The Bertz CT molecular complexity index is 180. The lowest BCUT2D eigenvalue weighted by molar-refractivity contribution is -0.148. The van der Waals surface area contributed by atoms with Crippen molar-refractivity contribution in [2.45, 2.75) is 32.5 Å². The molecule has 0 saturated carbocycles. The highest BCUT2D eigenvalue weighted by Crippen LogP contribution is 1.93. The van der Waals surface area contributed by atoms with E-state index in [1.807, 2.05) is 0 Å². The van der Waals surface area contributed by atoms with E-state index in [1.165, 1.54) is 0 Å². The minimum absolute atomic E-state index is 0.375. The number of aliphatic carboxylic acids is 2. The predicted molar refractivity (Wildman–Crippen MR) is 54.1 cm³/mol. The Morgan fingerprint density at radius 2 is 1.31 bits per heavy atom. The fourth-order valence-electron chi connectivity index (χ4n) is 0.719. The Hall–Kier alpha value is -1.18. The van der Waals surface area contributed by atoms with Crippen molar-refractivity contribution < 1.29 is 34.8 Å². The molecule has 0 saturated heterocycles. The molecule has 0 aliphatic heterocycles. The lowest BCUT2D eigenvalue weighted by Gasteiger charge is -2.04. The normalized spacial score (nSPS) is 13.2. The predicted octanol–water partition coefficient (Wildman–Crippen LogP) is -0.690. The molecule has 0 aliphatic carbocycles. The van der Waals surface area contributed by atoms with Gasteiger partial charge in [-0.05, 0) is 20.3 Å². The SMILES string of the molecule is CC(O)CC(C)O.O=C(O)COCC(=O)O. The molecule has 0 bridgehead atoms. The van der Waals surface area contributed by atoms with Crippen LogP contribution in [0.15, 0.2) is 0 Å². The van der Waals surface area contributed by atoms with Gasteiger partial charge in [0.1, 0.15) is 13.2 Å². The molecule has 96 valence electrons. The number of carboxylic acid groups (broad SMARTS) is 2. The largest absolute Gasteiger partial charge is 0.480 e. The number of hydrogen-bond donors (Lipinski definition) is 4. The maximum absolute atomic E-state index is 9.66. The molecular formula is C9H18O7. The van der Waals surface area contributed by atoms with Gasteiger partial charge in [0.2, 0.25) is 0 Å². The van der Waals surface area contributed by atoms with E-state index in [1.54, 1.807) is 13.8 Å². The average Bonchev–Trinajstić information content (AvgIpc) is 2.00. The zero-order valence-electron chi connectivity index (χ0n) is 9.29. The molecule has 2 unspecified atom stereocenters. The van der Waals surface area contributed by atoms with Crippen molar-refractivity contribution in [2.75, 3.05) is 13.2 Å². The molecule has 2 atom stereocenters. The highest BCUT2D eigenvalue weighted by Gasteiger charge is 1.99. The molecule has 0 aromatic carbocycles. The second-order valence-corrected chi connectivity index (χ2v) is 3.21. The fourth-order valence-corrected chi connectivity index (χ4v) is 0.719. The van der Waals surface area contributed by atoms with E-state index >= 15 is 0 Å². The number of hydrogen-bond acceptors (Lipinski definition) is 5.